The summed E-state index contributed by atoms with van der Waals surface area (Å²) in [7, 11) is 1.65. The smallest absolute Gasteiger partial charge is 0.175 e. The Labute approximate surface area is 137 Å². The van der Waals surface area contributed by atoms with Crippen molar-refractivity contribution in [3.8, 4) is 5.75 Å². The van der Waals surface area contributed by atoms with Crippen molar-refractivity contribution in [3.63, 3.8) is 0 Å². The maximum absolute atomic E-state index is 5.44. The van der Waals surface area contributed by atoms with Gasteiger partial charge in [0.25, 0.3) is 0 Å². The summed E-state index contributed by atoms with van der Waals surface area (Å²) in [5.41, 5.74) is 4.42. The lowest BCUT2D eigenvalue weighted by Gasteiger charge is -2.18. The predicted molar refractivity (Wildman–Crippen MR) is 98.1 cm³/mol. The van der Waals surface area contributed by atoms with Crippen molar-refractivity contribution >= 4 is 28.7 Å². The Morgan fingerprint density at radius 3 is 2.50 bits per heavy atom. The molecule has 0 unspecified atom stereocenters. The molecule has 0 saturated carbocycles. The van der Waals surface area contributed by atoms with Crippen LogP contribution in [0.1, 0.15) is 30.9 Å². The molecule has 2 rings (SSSR count). The number of benzene rings is 2. The molecule has 3 nitrogen and oxygen atoms in total. The summed E-state index contributed by atoms with van der Waals surface area (Å²) >= 11 is 5.44. The van der Waals surface area contributed by atoms with Crippen molar-refractivity contribution < 1.29 is 4.74 Å². The zero-order valence-electron chi connectivity index (χ0n) is 13.4. The minimum absolute atomic E-state index is 0.432. The molecule has 0 spiro atoms. The third kappa shape index (κ3) is 3.98. The van der Waals surface area contributed by atoms with Crippen LogP contribution in [0.25, 0.3) is 0 Å². The SMILES string of the molecule is COc1cccc(NC(=S)Nc2c(C)cccc2C(C)C)c1. The molecule has 0 amide bonds. The molecule has 0 aliphatic heterocycles. The van der Waals surface area contributed by atoms with Crippen LogP contribution < -0.4 is 15.4 Å². The molecular formula is C18H22N2OS. The van der Waals surface area contributed by atoms with Crippen LogP contribution in [0.4, 0.5) is 11.4 Å². The van der Waals surface area contributed by atoms with Crippen molar-refractivity contribution in [1.29, 1.82) is 0 Å². The predicted octanol–water partition coefficient (Wildman–Crippen LogP) is 4.94. The standard InChI is InChI=1S/C18H22N2OS/c1-12(2)16-10-5-7-13(3)17(16)20-18(22)19-14-8-6-9-15(11-14)21-4/h5-12H,1-4H3,(H2,19,20,22). The lowest BCUT2D eigenvalue weighted by molar-refractivity contribution is 0.415. The highest BCUT2D eigenvalue weighted by Crippen LogP contribution is 2.27. The first-order chi connectivity index (χ1) is 10.5. The van der Waals surface area contributed by atoms with E-state index in [1.165, 1.54) is 11.1 Å². The van der Waals surface area contributed by atoms with Gasteiger partial charge in [-0.05, 0) is 48.3 Å². The number of nitrogens with one attached hydrogen (secondary N) is 2. The minimum Gasteiger partial charge on any atom is -0.497 e. The highest BCUT2D eigenvalue weighted by Gasteiger charge is 2.10. The quantitative estimate of drug-likeness (QED) is 0.784. The molecule has 0 radical (unpaired) electrons. The highest BCUT2D eigenvalue weighted by atomic mass is 32.1. The molecule has 2 aromatic rings. The van der Waals surface area contributed by atoms with Crippen LogP contribution in [-0.4, -0.2) is 12.2 Å². The number of para-hydroxylation sites is 1. The van der Waals surface area contributed by atoms with Crippen LogP contribution in [0.15, 0.2) is 42.5 Å². The lowest BCUT2D eigenvalue weighted by atomic mass is 9.98. The van der Waals surface area contributed by atoms with E-state index < -0.39 is 0 Å². The van der Waals surface area contributed by atoms with E-state index in [0.717, 1.165) is 17.1 Å². The first-order valence-electron chi connectivity index (χ1n) is 7.33. The summed E-state index contributed by atoms with van der Waals surface area (Å²) in [6.45, 7) is 6.44. The number of aryl methyl sites for hydroxylation is 1. The number of hydrogen-bond donors (Lipinski definition) is 2. The van der Waals surface area contributed by atoms with Crippen LogP contribution in [-0.2, 0) is 0 Å². The maximum atomic E-state index is 5.44. The number of hydrogen-bond acceptors (Lipinski definition) is 2. The Bertz CT molecular complexity index is 668. The van der Waals surface area contributed by atoms with E-state index in [1.807, 2.05) is 24.3 Å². The second-order valence-electron chi connectivity index (χ2n) is 5.50. The third-order valence-corrected chi connectivity index (χ3v) is 3.70. The van der Waals surface area contributed by atoms with Crippen molar-refractivity contribution in [2.24, 2.45) is 0 Å². The number of thiocarbonyl (C=S) groups is 1. The van der Waals surface area contributed by atoms with Crippen LogP contribution in [0, 0.1) is 6.92 Å². The first-order valence-corrected chi connectivity index (χ1v) is 7.73. The number of rotatable bonds is 4. The molecule has 0 saturated heterocycles. The van der Waals surface area contributed by atoms with Crippen LogP contribution in [0.3, 0.4) is 0 Å². The fourth-order valence-corrected chi connectivity index (χ4v) is 2.54. The average molecular weight is 314 g/mol. The summed E-state index contributed by atoms with van der Waals surface area (Å²) < 4.78 is 5.22. The Morgan fingerprint density at radius 1 is 1.09 bits per heavy atom. The van der Waals surface area contributed by atoms with Gasteiger partial charge >= 0.3 is 0 Å². The molecule has 2 N–H and O–H groups in total. The second-order valence-corrected chi connectivity index (χ2v) is 5.91. The molecule has 2 aromatic carbocycles. The Kier molecular flexibility index (Phi) is 5.39. The minimum atomic E-state index is 0.432. The second kappa shape index (κ2) is 7.27. The van der Waals surface area contributed by atoms with Crippen LogP contribution >= 0.6 is 12.2 Å². The zero-order chi connectivity index (χ0) is 16.1. The maximum Gasteiger partial charge on any atom is 0.175 e. The molecule has 22 heavy (non-hydrogen) atoms. The van der Waals surface area contributed by atoms with Crippen LogP contribution in [0.2, 0.25) is 0 Å². The molecule has 4 heteroatoms. The van der Waals surface area contributed by atoms with Gasteiger partial charge in [0.2, 0.25) is 0 Å². The first kappa shape index (κ1) is 16.3. The summed E-state index contributed by atoms with van der Waals surface area (Å²) in [6, 6.07) is 14.0. The molecule has 116 valence electrons. The summed E-state index contributed by atoms with van der Waals surface area (Å²) in [5, 5.41) is 7.10. The van der Waals surface area contributed by atoms with Crippen molar-refractivity contribution in [2.45, 2.75) is 26.7 Å². The van der Waals surface area contributed by atoms with Gasteiger partial charge in [0.05, 0.1) is 7.11 Å². The lowest BCUT2D eigenvalue weighted by Crippen LogP contribution is -2.20. The van der Waals surface area contributed by atoms with Gasteiger partial charge in [0.1, 0.15) is 5.75 Å². The van der Waals surface area contributed by atoms with E-state index in [2.05, 4.69) is 49.6 Å². The topological polar surface area (TPSA) is 33.3 Å². The molecule has 0 bridgehead atoms. The van der Waals surface area contributed by atoms with E-state index in [-0.39, 0.29) is 0 Å². The normalized spacial score (nSPS) is 10.4. The molecule has 0 aromatic heterocycles. The van der Waals surface area contributed by atoms with Gasteiger partial charge in [-0.3, -0.25) is 0 Å². The fourth-order valence-electron chi connectivity index (χ4n) is 2.32. The zero-order valence-corrected chi connectivity index (χ0v) is 14.3. The van der Waals surface area contributed by atoms with Gasteiger partial charge in [-0.25, -0.2) is 0 Å². The van der Waals surface area contributed by atoms with Gasteiger partial charge in [0, 0.05) is 17.4 Å². The third-order valence-electron chi connectivity index (χ3n) is 3.49. The molecule has 0 heterocycles. The van der Waals surface area contributed by atoms with E-state index in [1.54, 1.807) is 7.11 Å². The van der Waals surface area contributed by atoms with Gasteiger partial charge in [-0.1, -0.05) is 38.1 Å². The van der Waals surface area contributed by atoms with Gasteiger partial charge < -0.3 is 15.4 Å². The van der Waals surface area contributed by atoms with E-state index in [9.17, 15) is 0 Å². The van der Waals surface area contributed by atoms with Gasteiger partial charge in [0.15, 0.2) is 5.11 Å². The molecule has 0 aliphatic rings. The fraction of sp³-hybridized carbons (Fsp3) is 0.278. The summed E-state index contributed by atoms with van der Waals surface area (Å²) in [6.07, 6.45) is 0. The summed E-state index contributed by atoms with van der Waals surface area (Å²) in [5.74, 6) is 1.23. The Hall–Kier alpha value is -2.07. The van der Waals surface area contributed by atoms with Gasteiger partial charge in [-0.2, -0.15) is 0 Å². The Balaban J connectivity index is 2.15. The van der Waals surface area contributed by atoms with E-state index >= 15 is 0 Å². The molecule has 0 fully saturated rings. The van der Waals surface area contributed by atoms with E-state index in [0.29, 0.717) is 11.0 Å². The molecule has 0 aliphatic carbocycles. The average Bonchev–Trinajstić information content (AvgIpc) is 2.49. The largest absolute Gasteiger partial charge is 0.497 e. The summed E-state index contributed by atoms with van der Waals surface area (Å²) in [4.78, 5) is 0. The number of methoxy groups -OCH3 is 1. The van der Waals surface area contributed by atoms with Crippen molar-refractivity contribution in [2.75, 3.05) is 17.7 Å². The molecular weight excluding hydrogens is 292 g/mol. The molecule has 0 atom stereocenters. The monoisotopic (exact) mass is 314 g/mol. The van der Waals surface area contributed by atoms with E-state index in [4.69, 9.17) is 17.0 Å². The highest BCUT2D eigenvalue weighted by molar-refractivity contribution is 7.80. The number of ether oxygens (including phenoxy) is 1. The van der Waals surface area contributed by atoms with Gasteiger partial charge in [-0.15, -0.1) is 0 Å². The Morgan fingerprint density at radius 2 is 1.82 bits per heavy atom. The van der Waals surface area contributed by atoms with Crippen molar-refractivity contribution in [1.82, 2.24) is 0 Å². The van der Waals surface area contributed by atoms with Crippen LogP contribution in [0.5, 0.6) is 5.75 Å². The number of anilines is 2. The van der Waals surface area contributed by atoms with Crippen molar-refractivity contribution in [3.05, 3.63) is 53.6 Å².